The van der Waals surface area contributed by atoms with Crippen molar-refractivity contribution < 1.29 is 8.42 Å². The third kappa shape index (κ3) is 2.70. The number of hydrogen-bond donors (Lipinski definition) is 1. The van der Waals surface area contributed by atoms with E-state index in [4.69, 9.17) is 11.6 Å². The highest BCUT2D eigenvalue weighted by Gasteiger charge is 2.24. The molecule has 1 heterocycles. The number of sulfonamides is 1. The Kier molecular flexibility index (Phi) is 4.12. The number of halogens is 1. The zero-order chi connectivity index (χ0) is 11.5. The van der Waals surface area contributed by atoms with Crippen LogP contribution in [0.4, 0.5) is 0 Å². The van der Waals surface area contributed by atoms with Crippen molar-refractivity contribution in [2.75, 3.05) is 19.0 Å². The van der Waals surface area contributed by atoms with E-state index in [1.54, 1.807) is 13.8 Å². The molecule has 0 spiro atoms. The number of H-pyrrole nitrogens is 1. The second kappa shape index (κ2) is 4.96. The Hall–Kier alpha value is -0.590. The van der Waals surface area contributed by atoms with Gasteiger partial charge in [-0.2, -0.15) is 4.31 Å². The second-order valence-corrected chi connectivity index (χ2v) is 5.30. The highest BCUT2D eigenvalue weighted by atomic mass is 35.5. The molecule has 0 aliphatic rings. The predicted octanol–water partition coefficient (Wildman–Crippen LogP) is 0.968. The van der Waals surface area contributed by atoms with E-state index in [9.17, 15) is 8.42 Å². The lowest BCUT2D eigenvalue weighted by Crippen LogP contribution is -2.32. The topological polar surface area (TPSA) is 66.1 Å². The molecule has 1 rings (SSSR count). The summed E-state index contributed by atoms with van der Waals surface area (Å²) in [7, 11) is -3.46. The SMILES string of the molecule is CCN(CCCl)S(=O)(=O)c1cnc(C)[nH]1. The van der Waals surface area contributed by atoms with Crippen LogP contribution in [-0.4, -0.2) is 41.7 Å². The van der Waals surface area contributed by atoms with E-state index in [1.807, 2.05) is 0 Å². The maximum absolute atomic E-state index is 12.0. The molecule has 0 radical (unpaired) electrons. The summed E-state index contributed by atoms with van der Waals surface area (Å²) >= 11 is 5.54. The second-order valence-electron chi connectivity index (χ2n) is 3.02. The van der Waals surface area contributed by atoms with E-state index >= 15 is 0 Å². The Morgan fingerprint density at radius 2 is 2.27 bits per heavy atom. The van der Waals surface area contributed by atoms with Crippen molar-refractivity contribution in [2.45, 2.75) is 18.9 Å². The third-order valence-electron chi connectivity index (χ3n) is 1.98. The van der Waals surface area contributed by atoms with Gasteiger partial charge in [0.15, 0.2) is 5.03 Å². The number of alkyl halides is 1. The first kappa shape index (κ1) is 12.5. The van der Waals surface area contributed by atoms with Crippen molar-refractivity contribution >= 4 is 21.6 Å². The van der Waals surface area contributed by atoms with Crippen molar-refractivity contribution in [3.05, 3.63) is 12.0 Å². The van der Waals surface area contributed by atoms with Crippen molar-refractivity contribution in [3.8, 4) is 0 Å². The van der Waals surface area contributed by atoms with Gasteiger partial charge in [-0.15, -0.1) is 11.6 Å². The Balaban J connectivity index is 3.00. The molecule has 1 aromatic heterocycles. The lowest BCUT2D eigenvalue weighted by atomic mass is 10.7. The molecule has 0 aromatic carbocycles. The highest BCUT2D eigenvalue weighted by Crippen LogP contribution is 2.12. The van der Waals surface area contributed by atoms with E-state index in [2.05, 4.69) is 9.97 Å². The van der Waals surface area contributed by atoms with Gasteiger partial charge in [-0.3, -0.25) is 0 Å². The van der Waals surface area contributed by atoms with E-state index in [0.717, 1.165) is 0 Å². The van der Waals surface area contributed by atoms with Gasteiger partial charge in [0, 0.05) is 19.0 Å². The molecule has 0 atom stereocenters. The number of aryl methyl sites for hydroxylation is 1. The van der Waals surface area contributed by atoms with E-state index < -0.39 is 10.0 Å². The number of rotatable bonds is 5. The molecule has 7 heteroatoms. The first-order valence-corrected chi connectivity index (χ1v) is 6.57. The fourth-order valence-electron chi connectivity index (χ4n) is 1.21. The van der Waals surface area contributed by atoms with Crippen LogP contribution >= 0.6 is 11.6 Å². The molecule has 5 nitrogen and oxygen atoms in total. The third-order valence-corrected chi connectivity index (χ3v) is 4.04. The summed E-state index contributed by atoms with van der Waals surface area (Å²) < 4.78 is 25.2. The summed E-state index contributed by atoms with van der Waals surface area (Å²) in [6.45, 7) is 4.18. The number of nitrogens with zero attached hydrogens (tertiary/aromatic N) is 2. The van der Waals surface area contributed by atoms with E-state index in [1.165, 1.54) is 10.5 Å². The zero-order valence-electron chi connectivity index (χ0n) is 8.70. The number of aromatic nitrogens is 2. The first-order chi connectivity index (χ1) is 7.02. The van der Waals surface area contributed by atoms with Gasteiger partial charge in [0.1, 0.15) is 5.82 Å². The normalized spacial score (nSPS) is 12.3. The number of imidazole rings is 1. The smallest absolute Gasteiger partial charge is 0.260 e. The number of nitrogens with one attached hydrogen (secondary N) is 1. The Morgan fingerprint density at radius 3 is 2.67 bits per heavy atom. The van der Waals surface area contributed by atoms with Crippen LogP contribution < -0.4 is 0 Å². The zero-order valence-corrected chi connectivity index (χ0v) is 10.3. The molecule has 0 unspecified atom stereocenters. The first-order valence-electron chi connectivity index (χ1n) is 4.60. The molecule has 0 saturated carbocycles. The molecule has 1 aromatic rings. The quantitative estimate of drug-likeness (QED) is 0.793. The van der Waals surface area contributed by atoms with Gasteiger partial charge in [0.2, 0.25) is 0 Å². The maximum atomic E-state index is 12.0. The molecular weight excluding hydrogens is 238 g/mol. The van der Waals surface area contributed by atoms with Gasteiger partial charge < -0.3 is 4.98 Å². The van der Waals surface area contributed by atoms with Crippen LogP contribution in [-0.2, 0) is 10.0 Å². The molecule has 1 N–H and O–H groups in total. The van der Waals surface area contributed by atoms with E-state index in [-0.39, 0.29) is 10.9 Å². The highest BCUT2D eigenvalue weighted by molar-refractivity contribution is 7.89. The summed E-state index contributed by atoms with van der Waals surface area (Å²) in [5, 5.41) is 0.118. The Bertz CT molecular complexity index is 415. The van der Waals surface area contributed by atoms with Gasteiger partial charge in [-0.25, -0.2) is 13.4 Å². The van der Waals surface area contributed by atoms with Crippen LogP contribution in [0.15, 0.2) is 11.2 Å². The molecule has 0 amide bonds. The average Bonchev–Trinajstić information content (AvgIpc) is 2.61. The molecule has 0 fully saturated rings. The minimum atomic E-state index is -3.46. The van der Waals surface area contributed by atoms with Crippen molar-refractivity contribution in [2.24, 2.45) is 0 Å². The fraction of sp³-hybridized carbons (Fsp3) is 0.625. The summed E-state index contributed by atoms with van der Waals surface area (Å²) in [5.41, 5.74) is 0. The van der Waals surface area contributed by atoms with Crippen molar-refractivity contribution in [3.63, 3.8) is 0 Å². The fourth-order valence-corrected chi connectivity index (χ4v) is 2.93. The van der Waals surface area contributed by atoms with Crippen LogP contribution in [0.2, 0.25) is 0 Å². The van der Waals surface area contributed by atoms with Crippen LogP contribution in [0.3, 0.4) is 0 Å². The summed E-state index contributed by atoms with van der Waals surface area (Å²) in [6.07, 6.45) is 1.32. The predicted molar refractivity (Wildman–Crippen MR) is 58.5 cm³/mol. The van der Waals surface area contributed by atoms with Gasteiger partial charge in [-0.05, 0) is 6.92 Å². The number of hydrogen-bond acceptors (Lipinski definition) is 3. The van der Waals surface area contributed by atoms with Crippen LogP contribution in [0.5, 0.6) is 0 Å². The summed E-state index contributed by atoms with van der Waals surface area (Å²) in [5.74, 6) is 0.857. The van der Waals surface area contributed by atoms with Gasteiger partial charge in [-0.1, -0.05) is 6.92 Å². The minimum absolute atomic E-state index is 0.118. The van der Waals surface area contributed by atoms with Crippen LogP contribution in [0.25, 0.3) is 0 Å². The monoisotopic (exact) mass is 251 g/mol. The van der Waals surface area contributed by atoms with Crippen molar-refractivity contribution in [1.82, 2.24) is 14.3 Å². The molecule has 0 aliphatic heterocycles. The van der Waals surface area contributed by atoms with Gasteiger partial charge >= 0.3 is 0 Å². The van der Waals surface area contributed by atoms with Crippen LogP contribution in [0.1, 0.15) is 12.7 Å². The molecule has 15 heavy (non-hydrogen) atoms. The largest absolute Gasteiger partial charge is 0.332 e. The molecule has 0 aliphatic carbocycles. The lowest BCUT2D eigenvalue weighted by molar-refractivity contribution is 0.444. The standard InChI is InChI=1S/C8H14ClN3O2S/c1-3-12(5-4-9)15(13,14)8-6-10-7(2)11-8/h6H,3-5H2,1-2H3,(H,10,11). The minimum Gasteiger partial charge on any atom is -0.332 e. The molecule has 0 saturated heterocycles. The summed E-state index contributed by atoms with van der Waals surface area (Å²) in [4.78, 5) is 6.57. The van der Waals surface area contributed by atoms with Crippen molar-refractivity contribution in [1.29, 1.82) is 0 Å². The molecular formula is C8H14ClN3O2S. The Labute approximate surface area is 94.5 Å². The Morgan fingerprint density at radius 1 is 1.60 bits per heavy atom. The van der Waals surface area contributed by atoms with Crippen LogP contribution in [0, 0.1) is 6.92 Å². The molecule has 86 valence electrons. The average molecular weight is 252 g/mol. The van der Waals surface area contributed by atoms with Gasteiger partial charge in [0.05, 0.1) is 6.20 Å². The molecule has 0 bridgehead atoms. The van der Waals surface area contributed by atoms with Gasteiger partial charge in [0.25, 0.3) is 10.0 Å². The van der Waals surface area contributed by atoms with E-state index in [0.29, 0.717) is 18.9 Å². The summed E-state index contributed by atoms with van der Waals surface area (Å²) in [6, 6.07) is 0. The number of aromatic amines is 1. The lowest BCUT2D eigenvalue weighted by Gasteiger charge is -2.17. The maximum Gasteiger partial charge on any atom is 0.260 e.